The molecule has 4 nitrogen and oxygen atoms in total. The Bertz CT molecular complexity index is 462. The molecular weight excluding hydrogens is 441 g/mol. The molecule has 23 heavy (non-hydrogen) atoms. The largest absolute Gasteiger partial charge is 0.381 e. The first-order valence-electron chi connectivity index (χ1n) is 7.82. The summed E-state index contributed by atoms with van der Waals surface area (Å²) in [7, 11) is 2.11. The number of hydrogen-bond donors (Lipinski definition) is 1. The van der Waals surface area contributed by atoms with Gasteiger partial charge in [-0.15, -0.1) is 24.0 Å². The van der Waals surface area contributed by atoms with Crippen LogP contribution in [0, 0.1) is 0 Å². The van der Waals surface area contributed by atoms with E-state index in [9.17, 15) is 0 Å². The first-order chi connectivity index (χ1) is 10.7. The van der Waals surface area contributed by atoms with Gasteiger partial charge in [0.1, 0.15) is 0 Å². The van der Waals surface area contributed by atoms with Crippen LogP contribution in [0.15, 0.2) is 21.8 Å². The SMILES string of the molecule is CCNC(=NCC1(SC)CCOCC1)N(C)Cc1ccsc1.I. The van der Waals surface area contributed by atoms with Gasteiger partial charge in [-0.2, -0.15) is 23.1 Å². The number of nitrogens with one attached hydrogen (secondary N) is 1. The maximum absolute atomic E-state index is 5.51. The molecule has 0 radical (unpaired) electrons. The Hall–Kier alpha value is 0.01000. The lowest BCUT2D eigenvalue weighted by Crippen LogP contribution is -2.41. The molecule has 1 aliphatic rings. The molecule has 2 heterocycles. The van der Waals surface area contributed by atoms with Crippen LogP contribution >= 0.6 is 47.1 Å². The maximum atomic E-state index is 5.51. The van der Waals surface area contributed by atoms with Gasteiger partial charge < -0.3 is 15.0 Å². The zero-order valence-electron chi connectivity index (χ0n) is 14.2. The van der Waals surface area contributed by atoms with Gasteiger partial charge in [-0.3, -0.25) is 4.99 Å². The van der Waals surface area contributed by atoms with Crippen molar-refractivity contribution >= 4 is 53.0 Å². The molecule has 0 saturated carbocycles. The van der Waals surface area contributed by atoms with E-state index in [2.05, 4.69) is 47.3 Å². The highest BCUT2D eigenvalue weighted by molar-refractivity contribution is 14.0. The number of thioether (sulfide) groups is 1. The van der Waals surface area contributed by atoms with Crippen LogP contribution in [0.1, 0.15) is 25.3 Å². The van der Waals surface area contributed by atoms with E-state index in [-0.39, 0.29) is 28.7 Å². The Kier molecular flexibility index (Phi) is 9.87. The Balaban J connectivity index is 0.00000264. The fourth-order valence-electron chi connectivity index (χ4n) is 2.59. The molecule has 1 aromatic heterocycles. The number of ether oxygens (including phenoxy) is 1. The number of thiophene rings is 1. The summed E-state index contributed by atoms with van der Waals surface area (Å²) >= 11 is 3.68. The predicted molar refractivity (Wildman–Crippen MR) is 113 cm³/mol. The van der Waals surface area contributed by atoms with Crippen LogP contribution in [0.4, 0.5) is 0 Å². The average Bonchev–Trinajstić information content (AvgIpc) is 3.05. The van der Waals surface area contributed by atoms with Crippen molar-refractivity contribution in [3.63, 3.8) is 0 Å². The summed E-state index contributed by atoms with van der Waals surface area (Å²) in [6, 6.07) is 2.17. The second-order valence-corrected chi connectivity index (χ2v) is 7.71. The average molecular weight is 469 g/mol. The number of hydrogen-bond acceptors (Lipinski definition) is 4. The molecule has 0 aliphatic carbocycles. The smallest absolute Gasteiger partial charge is 0.194 e. The third kappa shape index (κ3) is 6.43. The van der Waals surface area contributed by atoms with E-state index in [4.69, 9.17) is 9.73 Å². The quantitative estimate of drug-likeness (QED) is 0.392. The number of halogens is 1. The number of nitrogens with zero attached hydrogens (tertiary/aromatic N) is 2. The molecule has 132 valence electrons. The fourth-order valence-corrected chi connectivity index (χ4v) is 4.02. The standard InChI is InChI=1S/C16H27N3OS2.HI/c1-4-17-15(19(2)11-14-5-10-22-12-14)18-13-16(21-3)6-8-20-9-7-16;/h5,10,12H,4,6-9,11,13H2,1-3H3,(H,17,18);1H. The lowest BCUT2D eigenvalue weighted by atomic mass is 9.99. The molecule has 0 amide bonds. The zero-order valence-corrected chi connectivity index (χ0v) is 18.2. The Labute approximate surface area is 165 Å². The maximum Gasteiger partial charge on any atom is 0.194 e. The Morgan fingerprint density at radius 3 is 2.78 bits per heavy atom. The van der Waals surface area contributed by atoms with Crippen LogP contribution < -0.4 is 5.32 Å². The molecule has 1 aromatic rings. The van der Waals surface area contributed by atoms with Crippen LogP contribution in [0.25, 0.3) is 0 Å². The van der Waals surface area contributed by atoms with Crippen molar-refractivity contribution in [3.8, 4) is 0 Å². The molecule has 1 N–H and O–H groups in total. The van der Waals surface area contributed by atoms with Gasteiger partial charge in [0.15, 0.2) is 5.96 Å². The highest BCUT2D eigenvalue weighted by Gasteiger charge is 2.31. The van der Waals surface area contributed by atoms with Crippen molar-refractivity contribution in [2.45, 2.75) is 31.1 Å². The van der Waals surface area contributed by atoms with Crippen LogP contribution in [0.2, 0.25) is 0 Å². The monoisotopic (exact) mass is 469 g/mol. The van der Waals surface area contributed by atoms with Crippen LogP contribution in [0.3, 0.4) is 0 Å². The third-order valence-corrected chi connectivity index (χ3v) is 6.19. The van der Waals surface area contributed by atoms with E-state index < -0.39 is 0 Å². The summed E-state index contributed by atoms with van der Waals surface area (Å²) in [5, 5.41) is 7.73. The highest BCUT2D eigenvalue weighted by Crippen LogP contribution is 2.34. The molecule has 0 bridgehead atoms. The van der Waals surface area contributed by atoms with Crippen LogP contribution in [-0.2, 0) is 11.3 Å². The first-order valence-corrected chi connectivity index (χ1v) is 9.99. The lowest BCUT2D eigenvalue weighted by molar-refractivity contribution is 0.0793. The Morgan fingerprint density at radius 2 is 2.22 bits per heavy atom. The van der Waals surface area contributed by atoms with Gasteiger partial charge in [0.05, 0.1) is 6.54 Å². The van der Waals surface area contributed by atoms with Gasteiger partial charge >= 0.3 is 0 Å². The van der Waals surface area contributed by atoms with Gasteiger partial charge in [0, 0.05) is 38.1 Å². The van der Waals surface area contributed by atoms with E-state index >= 15 is 0 Å². The molecule has 7 heteroatoms. The first kappa shape index (κ1) is 21.1. The lowest BCUT2D eigenvalue weighted by Gasteiger charge is -2.34. The highest BCUT2D eigenvalue weighted by atomic mass is 127. The predicted octanol–water partition coefficient (Wildman–Crippen LogP) is 3.68. The summed E-state index contributed by atoms with van der Waals surface area (Å²) < 4.78 is 5.75. The summed E-state index contributed by atoms with van der Waals surface area (Å²) in [5.74, 6) is 0.994. The summed E-state index contributed by atoms with van der Waals surface area (Å²) in [4.78, 5) is 7.13. The normalized spacial score (nSPS) is 17.4. The van der Waals surface area contributed by atoms with Crippen molar-refractivity contribution in [3.05, 3.63) is 22.4 Å². The van der Waals surface area contributed by atoms with Crippen molar-refractivity contribution in [1.29, 1.82) is 0 Å². The topological polar surface area (TPSA) is 36.9 Å². The van der Waals surface area contributed by atoms with E-state index in [1.165, 1.54) is 5.56 Å². The van der Waals surface area contributed by atoms with Gasteiger partial charge in [-0.05, 0) is 48.4 Å². The fraction of sp³-hybridized carbons (Fsp3) is 0.688. The Morgan fingerprint density at radius 1 is 1.48 bits per heavy atom. The summed E-state index contributed by atoms with van der Waals surface area (Å²) in [5.41, 5.74) is 1.34. The molecule has 1 aliphatic heterocycles. The van der Waals surface area contributed by atoms with Gasteiger partial charge in [0.2, 0.25) is 0 Å². The minimum absolute atomic E-state index is 0. The molecule has 1 fully saturated rings. The van der Waals surface area contributed by atoms with Crippen molar-refractivity contribution < 1.29 is 4.74 Å². The van der Waals surface area contributed by atoms with Crippen molar-refractivity contribution in [2.24, 2.45) is 4.99 Å². The summed E-state index contributed by atoms with van der Waals surface area (Å²) in [6.07, 6.45) is 4.37. The molecule has 0 spiro atoms. The van der Waals surface area contributed by atoms with Crippen LogP contribution in [-0.4, -0.2) is 55.2 Å². The molecule has 1 saturated heterocycles. The zero-order chi connectivity index (χ0) is 15.8. The molecular formula is C16H28IN3OS2. The van der Waals surface area contributed by atoms with E-state index in [0.717, 1.165) is 51.6 Å². The van der Waals surface area contributed by atoms with Crippen molar-refractivity contribution in [2.75, 3.05) is 39.6 Å². The third-order valence-electron chi connectivity index (χ3n) is 4.05. The molecule has 2 rings (SSSR count). The van der Waals surface area contributed by atoms with Crippen LogP contribution in [0.5, 0.6) is 0 Å². The molecule has 0 atom stereocenters. The van der Waals surface area contributed by atoms with Gasteiger partial charge in [0.25, 0.3) is 0 Å². The number of aliphatic imine (C=N–C) groups is 1. The van der Waals surface area contributed by atoms with E-state index in [0.29, 0.717) is 0 Å². The summed E-state index contributed by atoms with van der Waals surface area (Å²) in [6.45, 7) is 6.47. The van der Waals surface area contributed by atoms with E-state index in [1.807, 2.05) is 11.8 Å². The second-order valence-electron chi connectivity index (χ2n) is 5.66. The minimum atomic E-state index is 0. The number of guanidine groups is 1. The second kappa shape index (κ2) is 10.8. The van der Waals surface area contributed by atoms with Crippen molar-refractivity contribution in [1.82, 2.24) is 10.2 Å². The molecule has 0 unspecified atom stereocenters. The van der Waals surface area contributed by atoms with Gasteiger partial charge in [-0.1, -0.05) is 0 Å². The van der Waals surface area contributed by atoms with Gasteiger partial charge in [-0.25, -0.2) is 0 Å². The minimum Gasteiger partial charge on any atom is -0.381 e. The van der Waals surface area contributed by atoms with E-state index in [1.54, 1.807) is 11.3 Å². The number of rotatable bonds is 6. The molecule has 0 aromatic carbocycles.